The molecule has 0 radical (unpaired) electrons. The van der Waals surface area contributed by atoms with Gasteiger partial charge in [-0.1, -0.05) is 71.6 Å². The number of ether oxygens (including phenoxy) is 1. The van der Waals surface area contributed by atoms with Gasteiger partial charge in [0.15, 0.2) is 9.94 Å². The van der Waals surface area contributed by atoms with Crippen molar-refractivity contribution in [3.05, 3.63) is 71.3 Å². The van der Waals surface area contributed by atoms with E-state index in [-0.39, 0.29) is 0 Å². The molecule has 0 bridgehead atoms. The number of nitrogens with one attached hydrogen (secondary N) is 1. The number of amides is 1. The van der Waals surface area contributed by atoms with Gasteiger partial charge in [-0.2, -0.15) is 0 Å². The first-order valence-electron chi connectivity index (χ1n) is 8.66. The Balaban J connectivity index is 1.41. The number of carbonyl (C=O) groups is 2. The number of esters is 1. The number of aromatic nitrogens is 2. The molecule has 142 valence electrons. The number of benzene rings is 2. The molecule has 6 nitrogen and oxygen atoms in total. The number of carbonyl (C=O) groups excluding carboxylic acids is 2. The van der Waals surface area contributed by atoms with Crippen LogP contribution in [0.25, 0.3) is 0 Å². The highest BCUT2D eigenvalue weighted by Gasteiger charge is 2.43. The summed E-state index contributed by atoms with van der Waals surface area (Å²) in [6.07, 6.45) is 0.315. The zero-order valence-electron chi connectivity index (χ0n) is 15.0. The number of fused-ring (bicyclic) bond motifs is 1. The molecule has 0 aliphatic carbocycles. The number of hydrogen-bond acceptors (Lipinski definition) is 7. The molecule has 2 heterocycles. The van der Waals surface area contributed by atoms with Crippen molar-refractivity contribution < 1.29 is 14.3 Å². The highest BCUT2D eigenvalue weighted by Crippen LogP contribution is 2.31. The lowest BCUT2D eigenvalue weighted by Gasteiger charge is -2.32. The van der Waals surface area contributed by atoms with E-state index in [1.54, 1.807) is 30.8 Å². The third-order valence-electron chi connectivity index (χ3n) is 4.40. The van der Waals surface area contributed by atoms with Crippen molar-refractivity contribution in [1.82, 2.24) is 10.2 Å². The van der Waals surface area contributed by atoms with Crippen LogP contribution in [0.3, 0.4) is 0 Å². The van der Waals surface area contributed by atoms with E-state index in [1.807, 2.05) is 42.5 Å². The molecule has 0 saturated carbocycles. The highest BCUT2D eigenvalue weighted by molar-refractivity contribution is 8.00. The molecule has 2 aromatic carbocycles. The molecule has 4 rings (SSSR count). The monoisotopic (exact) mass is 411 g/mol. The standard InChI is InChI=1S/C20H17N3O3S2/c1-20(11-14-9-5-6-10-15(14)16(24)26-20)17(25)21-18-22-23-19(28-18)27-12-13-7-3-2-4-8-13/h2-10H,11-12H2,1H3,(H,21,22,25)/t20-/m1/s1. The van der Waals surface area contributed by atoms with E-state index in [4.69, 9.17) is 4.74 Å². The zero-order valence-corrected chi connectivity index (χ0v) is 16.7. The maximum absolute atomic E-state index is 12.8. The van der Waals surface area contributed by atoms with E-state index in [1.165, 1.54) is 16.9 Å². The molecule has 1 atom stereocenters. The molecule has 0 fully saturated rings. The lowest BCUT2D eigenvalue weighted by Crippen LogP contribution is -2.48. The van der Waals surface area contributed by atoms with Gasteiger partial charge in [0.25, 0.3) is 5.91 Å². The minimum absolute atomic E-state index is 0.315. The Morgan fingerprint density at radius 2 is 1.93 bits per heavy atom. The van der Waals surface area contributed by atoms with E-state index in [0.717, 1.165) is 15.7 Å². The fourth-order valence-corrected chi connectivity index (χ4v) is 4.63. The van der Waals surface area contributed by atoms with Crippen LogP contribution in [-0.4, -0.2) is 27.7 Å². The molecule has 1 amide bonds. The molecule has 0 saturated heterocycles. The molecule has 0 spiro atoms. The number of cyclic esters (lactones) is 1. The van der Waals surface area contributed by atoms with Crippen molar-refractivity contribution in [2.24, 2.45) is 0 Å². The quantitative estimate of drug-likeness (QED) is 0.389. The van der Waals surface area contributed by atoms with Gasteiger partial charge in [-0.05, 0) is 24.1 Å². The average molecular weight is 412 g/mol. The Kier molecular flexibility index (Phi) is 5.15. The summed E-state index contributed by atoms with van der Waals surface area (Å²) >= 11 is 2.85. The predicted molar refractivity (Wildman–Crippen MR) is 109 cm³/mol. The van der Waals surface area contributed by atoms with Crippen molar-refractivity contribution in [1.29, 1.82) is 0 Å². The SMILES string of the molecule is C[C@]1(C(=O)Nc2nnc(SCc3ccccc3)s2)Cc2ccccc2C(=O)O1. The van der Waals surface area contributed by atoms with Crippen LogP contribution in [0, 0.1) is 0 Å². The Bertz CT molecular complexity index is 1020. The second-order valence-electron chi connectivity index (χ2n) is 6.56. The Morgan fingerprint density at radius 1 is 1.18 bits per heavy atom. The minimum atomic E-state index is -1.28. The smallest absolute Gasteiger partial charge is 0.339 e. The molecule has 28 heavy (non-hydrogen) atoms. The van der Waals surface area contributed by atoms with Gasteiger partial charge >= 0.3 is 5.97 Å². The van der Waals surface area contributed by atoms with Crippen LogP contribution in [0.5, 0.6) is 0 Å². The Morgan fingerprint density at radius 3 is 2.75 bits per heavy atom. The lowest BCUT2D eigenvalue weighted by molar-refractivity contribution is -0.134. The van der Waals surface area contributed by atoms with E-state index >= 15 is 0 Å². The van der Waals surface area contributed by atoms with Crippen molar-refractivity contribution >= 4 is 40.1 Å². The molecule has 1 aromatic heterocycles. The fraction of sp³-hybridized carbons (Fsp3) is 0.200. The molecular formula is C20H17N3O3S2. The average Bonchev–Trinajstić information content (AvgIpc) is 3.14. The first-order valence-corrected chi connectivity index (χ1v) is 10.5. The van der Waals surface area contributed by atoms with Crippen LogP contribution in [-0.2, 0) is 21.7 Å². The van der Waals surface area contributed by atoms with Crippen LogP contribution in [0.1, 0.15) is 28.4 Å². The summed E-state index contributed by atoms with van der Waals surface area (Å²) < 4.78 is 6.21. The summed E-state index contributed by atoms with van der Waals surface area (Å²) in [5.41, 5.74) is 1.21. The zero-order chi connectivity index (χ0) is 19.6. The van der Waals surface area contributed by atoms with Crippen molar-refractivity contribution in [2.75, 3.05) is 5.32 Å². The summed E-state index contributed by atoms with van der Waals surface area (Å²) in [6.45, 7) is 1.61. The Hall–Kier alpha value is -2.71. The van der Waals surface area contributed by atoms with Gasteiger partial charge < -0.3 is 4.74 Å². The van der Waals surface area contributed by atoms with Gasteiger partial charge in [-0.25, -0.2) is 4.79 Å². The third-order valence-corrected chi connectivity index (χ3v) is 6.44. The van der Waals surface area contributed by atoms with E-state index in [0.29, 0.717) is 17.1 Å². The van der Waals surface area contributed by atoms with Crippen LogP contribution in [0.4, 0.5) is 5.13 Å². The topological polar surface area (TPSA) is 81.2 Å². The van der Waals surface area contributed by atoms with Gasteiger partial charge in [0.05, 0.1) is 5.56 Å². The maximum atomic E-state index is 12.8. The van der Waals surface area contributed by atoms with Crippen molar-refractivity contribution in [3.63, 3.8) is 0 Å². The summed E-state index contributed by atoms with van der Waals surface area (Å²) in [6, 6.07) is 17.2. The van der Waals surface area contributed by atoms with Crippen LogP contribution in [0.15, 0.2) is 58.9 Å². The second kappa shape index (κ2) is 7.73. The van der Waals surface area contributed by atoms with Gasteiger partial charge in [0, 0.05) is 12.2 Å². The minimum Gasteiger partial charge on any atom is -0.445 e. The van der Waals surface area contributed by atoms with Crippen LogP contribution < -0.4 is 5.32 Å². The summed E-state index contributed by atoms with van der Waals surface area (Å²) in [4.78, 5) is 25.0. The lowest BCUT2D eigenvalue weighted by atomic mass is 9.89. The molecule has 1 aliphatic heterocycles. The number of rotatable bonds is 5. The first kappa shape index (κ1) is 18.6. The van der Waals surface area contributed by atoms with Gasteiger partial charge in [-0.3, -0.25) is 10.1 Å². The van der Waals surface area contributed by atoms with Crippen LogP contribution >= 0.6 is 23.1 Å². The van der Waals surface area contributed by atoms with Gasteiger partial charge in [0.2, 0.25) is 5.13 Å². The first-order chi connectivity index (χ1) is 13.5. The van der Waals surface area contributed by atoms with Crippen molar-refractivity contribution in [2.45, 2.75) is 29.0 Å². The van der Waals surface area contributed by atoms with E-state index < -0.39 is 17.5 Å². The normalized spacial score (nSPS) is 18.2. The fourth-order valence-electron chi connectivity index (χ4n) is 2.93. The number of anilines is 1. The van der Waals surface area contributed by atoms with E-state index in [2.05, 4.69) is 15.5 Å². The second-order valence-corrected chi connectivity index (χ2v) is 8.76. The molecule has 3 aromatic rings. The predicted octanol–water partition coefficient (Wildman–Crippen LogP) is 3.94. The molecule has 1 aliphatic rings. The molecule has 0 unspecified atom stereocenters. The van der Waals surface area contributed by atoms with Crippen LogP contribution in [0.2, 0.25) is 0 Å². The van der Waals surface area contributed by atoms with Gasteiger partial charge in [0.1, 0.15) is 0 Å². The number of hydrogen-bond donors (Lipinski definition) is 1. The molecule has 8 heteroatoms. The van der Waals surface area contributed by atoms with Gasteiger partial charge in [-0.15, -0.1) is 10.2 Å². The largest absolute Gasteiger partial charge is 0.445 e. The summed E-state index contributed by atoms with van der Waals surface area (Å²) in [5.74, 6) is -0.128. The molecular weight excluding hydrogens is 394 g/mol. The Labute approximate surface area is 170 Å². The molecule has 1 N–H and O–H groups in total. The summed E-state index contributed by atoms with van der Waals surface area (Å²) in [5, 5.41) is 11.3. The van der Waals surface area contributed by atoms with Crippen molar-refractivity contribution in [3.8, 4) is 0 Å². The highest BCUT2D eigenvalue weighted by atomic mass is 32.2. The number of nitrogens with zero attached hydrogens (tertiary/aromatic N) is 2. The van der Waals surface area contributed by atoms with E-state index in [9.17, 15) is 9.59 Å². The maximum Gasteiger partial charge on any atom is 0.339 e. The summed E-state index contributed by atoms with van der Waals surface area (Å²) in [7, 11) is 0. The number of thioether (sulfide) groups is 1. The third kappa shape index (κ3) is 3.93.